The monoisotopic (exact) mass is 579 g/mol. The molecule has 43 heavy (non-hydrogen) atoms. The van der Waals surface area contributed by atoms with Crippen molar-refractivity contribution < 1.29 is 27.9 Å². The summed E-state index contributed by atoms with van der Waals surface area (Å²) in [7, 11) is 0. The molecule has 0 saturated heterocycles. The second-order valence-corrected chi connectivity index (χ2v) is 10.2. The van der Waals surface area contributed by atoms with Crippen LogP contribution >= 0.6 is 0 Å². The number of pyridine rings is 1. The highest BCUT2D eigenvalue weighted by Gasteiger charge is 2.30. The van der Waals surface area contributed by atoms with Gasteiger partial charge in [-0.2, -0.15) is 13.2 Å². The van der Waals surface area contributed by atoms with Crippen molar-refractivity contribution in [2.45, 2.75) is 19.3 Å². The molecule has 0 fully saturated rings. The summed E-state index contributed by atoms with van der Waals surface area (Å²) in [6, 6.07) is 26.2. The molecule has 6 aromatic rings. The smallest absolute Gasteiger partial charge is 0.416 e. The standard InChI is InChI=1S/C34H24F3N3O3/c35-34(36,37)28-5-1-3-25(17-28)27-16-26-12-14-40(20-22-8-9-23-4-2-13-38-30(23)15-22)31(26)29(18-27)32(41)39-19-21-6-10-24(11-7-21)33(42)43/h1-18H,19-20H2,(H,39,41)(H,42,43). The summed E-state index contributed by atoms with van der Waals surface area (Å²) < 4.78 is 42.4. The van der Waals surface area contributed by atoms with Gasteiger partial charge in [-0.3, -0.25) is 9.78 Å². The maximum Gasteiger partial charge on any atom is 0.416 e. The van der Waals surface area contributed by atoms with E-state index in [1.807, 2.05) is 47.2 Å². The second kappa shape index (κ2) is 11.1. The molecule has 9 heteroatoms. The molecule has 0 saturated carbocycles. The third kappa shape index (κ3) is 5.83. The largest absolute Gasteiger partial charge is 0.478 e. The van der Waals surface area contributed by atoms with E-state index in [0.29, 0.717) is 39.7 Å². The van der Waals surface area contributed by atoms with Gasteiger partial charge in [0.15, 0.2) is 0 Å². The van der Waals surface area contributed by atoms with Crippen LogP contribution in [-0.2, 0) is 19.3 Å². The molecule has 6 nitrogen and oxygen atoms in total. The van der Waals surface area contributed by atoms with Gasteiger partial charge >= 0.3 is 12.1 Å². The van der Waals surface area contributed by atoms with Gasteiger partial charge in [0.1, 0.15) is 0 Å². The number of fused-ring (bicyclic) bond motifs is 2. The van der Waals surface area contributed by atoms with Crippen molar-refractivity contribution in [1.82, 2.24) is 14.9 Å². The molecule has 0 aliphatic rings. The van der Waals surface area contributed by atoms with Crippen LogP contribution in [-0.4, -0.2) is 26.5 Å². The lowest BCUT2D eigenvalue weighted by Gasteiger charge is -2.14. The molecule has 1 amide bonds. The number of hydrogen-bond donors (Lipinski definition) is 2. The number of aromatic carboxylic acids is 1. The molecule has 0 aliphatic heterocycles. The van der Waals surface area contributed by atoms with Gasteiger partial charge in [-0.1, -0.05) is 42.5 Å². The zero-order chi connectivity index (χ0) is 30.1. The first-order valence-electron chi connectivity index (χ1n) is 13.4. The van der Waals surface area contributed by atoms with Crippen molar-refractivity contribution in [3.8, 4) is 11.1 Å². The Bertz CT molecular complexity index is 2000. The Morgan fingerprint density at radius 3 is 2.37 bits per heavy atom. The quantitative estimate of drug-likeness (QED) is 0.205. The van der Waals surface area contributed by atoms with Gasteiger partial charge in [0.2, 0.25) is 0 Å². The van der Waals surface area contributed by atoms with Crippen molar-refractivity contribution >= 4 is 33.7 Å². The minimum Gasteiger partial charge on any atom is -0.478 e. The summed E-state index contributed by atoms with van der Waals surface area (Å²) in [6.45, 7) is 0.570. The van der Waals surface area contributed by atoms with Crippen LogP contribution in [0.5, 0.6) is 0 Å². The number of rotatable bonds is 7. The highest BCUT2D eigenvalue weighted by molar-refractivity contribution is 6.08. The van der Waals surface area contributed by atoms with E-state index in [2.05, 4.69) is 10.3 Å². The van der Waals surface area contributed by atoms with Crippen molar-refractivity contribution in [2.24, 2.45) is 0 Å². The molecule has 0 radical (unpaired) electrons. The fourth-order valence-corrected chi connectivity index (χ4v) is 5.15. The number of hydrogen-bond acceptors (Lipinski definition) is 3. The Labute approximate surface area is 244 Å². The van der Waals surface area contributed by atoms with E-state index >= 15 is 0 Å². The lowest BCUT2D eigenvalue weighted by Crippen LogP contribution is -2.23. The van der Waals surface area contributed by atoms with Gasteiger partial charge in [0, 0.05) is 36.3 Å². The summed E-state index contributed by atoms with van der Waals surface area (Å²) in [5, 5.41) is 13.7. The molecule has 4 aromatic carbocycles. The molecule has 6 rings (SSSR count). The van der Waals surface area contributed by atoms with Crippen LogP contribution in [0.4, 0.5) is 13.2 Å². The zero-order valence-electron chi connectivity index (χ0n) is 22.6. The van der Waals surface area contributed by atoms with Crippen molar-refractivity contribution in [2.75, 3.05) is 0 Å². The van der Waals surface area contributed by atoms with Crippen molar-refractivity contribution in [3.63, 3.8) is 0 Å². The summed E-state index contributed by atoms with van der Waals surface area (Å²) >= 11 is 0. The molecule has 2 heterocycles. The van der Waals surface area contributed by atoms with E-state index in [9.17, 15) is 22.8 Å². The first-order valence-corrected chi connectivity index (χ1v) is 13.4. The summed E-state index contributed by atoms with van der Waals surface area (Å²) in [6.07, 6.45) is -0.927. The van der Waals surface area contributed by atoms with Crippen LogP contribution in [0.2, 0.25) is 0 Å². The fraction of sp³-hybridized carbons (Fsp3) is 0.0882. The number of nitrogens with zero attached hydrogens (tertiary/aromatic N) is 2. The molecule has 0 atom stereocenters. The molecule has 2 aromatic heterocycles. The van der Waals surface area contributed by atoms with E-state index in [1.165, 1.54) is 18.2 Å². The number of carbonyl (C=O) groups is 2. The number of amides is 1. The number of alkyl halides is 3. The third-order valence-corrected chi connectivity index (χ3v) is 7.31. The fourth-order valence-electron chi connectivity index (χ4n) is 5.15. The first kappa shape index (κ1) is 27.7. The number of nitrogens with one attached hydrogen (secondary N) is 1. The lowest BCUT2D eigenvalue weighted by atomic mass is 9.98. The number of carboxylic acids is 1. The van der Waals surface area contributed by atoms with Crippen LogP contribution in [0, 0.1) is 0 Å². The number of carbonyl (C=O) groups excluding carboxylic acids is 1. The Morgan fingerprint density at radius 2 is 1.60 bits per heavy atom. The van der Waals surface area contributed by atoms with Gasteiger partial charge < -0.3 is 15.0 Å². The van der Waals surface area contributed by atoms with Crippen molar-refractivity contribution in [1.29, 1.82) is 0 Å². The average Bonchev–Trinajstić information content (AvgIpc) is 3.41. The van der Waals surface area contributed by atoms with Gasteiger partial charge in [0.05, 0.1) is 27.7 Å². The topological polar surface area (TPSA) is 84.2 Å². The summed E-state index contributed by atoms with van der Waals surface area (Å²) in [4.78, 5) is 29.3. The maximum absolute atomic E-state index is 13.7. The third-order valence-electron chi connectivity index (χ3n) is 7.31. The van der Waals surface area contributed by atoms with E-state index in [1.54, 1.807) is 36.5 Å². The minimum absolute atomic E-state index is 0.130. The predicted octanol–water partition coefficient (Wildman–Crippen LogP) is 7.55. The van der Waals surface area contributed by atoms with E-state index < -0.39 is 23.6 Å². The molecule has 0 bridgehead atoms. The molecular weight excluding hydrogens is 555 g/mol. The molecular formula is C34H24F3N3O3. The van der Waals surface area contributed by atoms with Crippen molar-refractivity contribution in [3.05, 3.63) is 137 Å². The van der Waals surface area contributed by atoms with Crippen LogP contribution in [0.25, 0.3) is 32.9 Å². The maximum atomic E-state index is 13.7. The molecule has 0 aliphatic carbocycles. The SMILES string of the molecule is O=C(O)c1ccc(CNC(=O)c2cc(-c3cccc(C(F)(F)F)c3)cc3ccn(Cc4ccc5cccnc5c4)c23)cc1. The first-order chi connectivity index (χ1) is 20.7. The Hall–Kier alpha value is -5.44. The van der Waals surface area contributed by atoms with Gasteiger partial charge in [-0.15, -0.1) is 0 Å². The van der Waals surface area contributed by atoms with Crippen LogP contribution in [0.1, 0.15) is 37.4 Å². The highest BCUT2D eigenvalue weighted by atomic mass is 19.4. The van der Waals surface area contributed by atoms with Crippen LogP contribution in [0.15, 0.2) is 109 Å². The van der Waals surface area contributed by atoms with Gasteiger partial charge in [-0.05, 0) is 76.9 Å². The second-order valence-electron chi connectivity index (χ2n) is 10.2. The van der Waals surface area contributed by atoms with Crippen LogP contribution in [0.3, 0.4) is 0 Å². The molecule has 214 valence electrons. The van der Waals surface area contributed by atoms with E-state index in [-0.39, 0.29) is 12.1 Å². The molecule has 0 unspecified atom stereocenters. The molecule has 2 N–H and O–H groups in total. The average molecular weight is 580 g/mol. The summed E-state index contributed by atoms with van der Waals surface area (Å²) in [5.74, 6) is -1.46. The minimum atomic E-state index is -4.51. The number of carboxylic acid groups (broad SMARTS) is 1. The Balaban J connectivity index is 1.39. The lowest BCUT2D eigenvalue weighted by molar-refractivity contribution is -0.137. The summed E-state index contributed by atoms with van der Waals surface area (Å²) in [5.41, 5.74) is 3.61. The number of benzene rings is 4. The van der Waals surface area contributed by atoms with E-state index in [0.717, 1.165) is 28.6 Å². The molecule has 0 spiro atoms. The number of halogens is 3. The predicted molar refractivity (Wildman–Crippen MR) is 158 cm³/mol. The zero-order valence-corrected chi connectivity index (χ0v) is 22.6. The van der Waals surface area contributed by atoms with Crippen LogP contribution < -0.4 is 5.32 Å². The highest BCUT2D eigenvalue weighted by Crippen LogP contribution is 2.34. The normalized spacial score (nSPS) is 11.6. The Kier molecular flexibility index (Phi) is 7.15. The van der Waals surface area contributed by atoms with E-state index in [4.69, 9.17) is 5.11 Å². The van der Waals surface area contributed by atoms with Gasteiger partial charge in [0.25, 0.3) is 5.91 Å². The van der Waals surface area contributed by atoms with Gasteiger partial charge in [-0.25, -0.2) is 4.79 Å². The number of aromatic nitrogens is 2. The Morgan fingerprint density at radius 1 is 0.814 bits per heavy atom.